The Bertz CT molecular complexity index is 2970. The average molecular weight is 1640 g/mol. The van der Waals surface area contributed by atoms with Crippen LogP contribution in [0, 0.1) is 0 Å². The molecule has 650 valence electrons. The molecule has 4 N–H and O–H groups in total. The van der Waals surface area contributed by atoms with E-state index in [4.69, 9.17) is 32.3 Å². The molecule has 0 aromatic heterocycles. The van der Waals surface area contributed by atoms with Gasteiger partial charge in [-0.2, -0.15) is 0 Å². The van der Waals surface area contributed by atoms with Crippen molar-refractivity contribution in [3.05, 3.63) is 219 Å². The zero-order valence-corrected chi connectivity index (χ0v) is 73.2. The molecule has 16 nitrogen and oxygen atoms in total. The van der Waals surface area contributed by atoms with Crippen LogP contribution in [0.2, 0.25) is 0 Å². The molecule has 0 aromatic carbocycles. The van der Waals surface area contributed by atoms with Gasteiger partial charge in [-0.1, -0.05) is 342 Å². The summed E-state index contributed by atoms with van der Waals surface area (Å²) in [4.78, 5) is 58.9. The van der Waals surface area contributed by atoms with Crippen molar-refractivity contribution >= 4 is 33.6 Å². The molecule has 5 unspecified atom stereocenters. The number of carbonyl (C=O) groups excluding carboxylic acids is 3. The van der Waals surface area contributed by atoms with E-state index in [1.54, 1.807) is 0 Å². The molecule has 0 aromatic rings. The summed E-state index contributed by atoms with van der Waals surface area (Å²) in [6.45, 7) is 2.27. The van der Waals surface area contributed by atoms with Crippen LogP contribution in [0.1, 0.15) is 316 Å². The van der Waals surface area contributed by atoms with Gasteiger partial charge in [0, 0.05) is 19.3 Å². The first-order valence-electron chi connectivity index (χ1n) is 44.0. The highest BCUT2D eigenvalue weighted by atomic mass is 31.2. The van der Waals surface area contributed by atoms with Crippen LogP contribution in [0.3, 0.4) is 0 Å². The highest BCUT2D eigenvalue weighted by Gasteiger charge is 2.29. The summed E-state index contributed by atoms with van der Waals surface area (Å²) in [6.07, 6.45) is 118. The van der Waals surface area contributed by atoms with Gasteiger partial charge in [-0.15, -0.1) is 0 Å². The smallest absolute Gasteiger partial charge is 0.463 e. The highest BCUT2D eigenvalue weighted by molar-refractivity contribution is 7.47. The molecule has 0 fully saturated rings. The minimum Gasteiger partial charge on any atom is -0.463 e. The fourth-order valence-electron chi connectivity index (χ4n) is 11.1. The first-order chi connectivity index (χ1) is 56.2. The number of rotatable bonds is 81. The number of ether oxygens (including phenoxy) is 3. The molecule has 18 heteroatoms. The van der Waals surface area contributed by atoms with Crippen LogP contribution < -0.4 is 0 Å². The molecule has 0 rings (SSSR count). The maximum atomic E-state index is 13.0. The number of carbonyl (C=O) groups is 3. The van der Waals surface area contributed by atoms with Crippen molar-refractivity contribution in [2.75, 3.05) is 39.6 Å². The summed E-state index contributed by atoms with van der Waals surface area (Å²) in [6, 6.07) is 0. The quantitative estimate of drug-likeness (QED) is 0.0146. The summed E-state index contributed by atoms with van der Waals surface area (Å²) in [5.41, 5.74) is 0. The van der Waals surface area contributed by atoms with Crippen LogP contribution in [-0.2, 0) is 55.8 Å². The van der Waals surface area contributed by atoms with Gasteiger partial charge >= 0.3 is 33.6 Å². The molecule has 0 radical (unpaired) electrons. The van der Waals surface area contributed by atoms with Crippen molar-refractivity contribution in [3.8, 4) is 0 Å². The lowest BCUT2D eigenvalue weighted by molar-refractivity contribution is -0.161. The lowest BCUT2D eigenvalue weighted by Crippen LogP contribution is -2.30. The Morgan fingerprint density at radius 1 is 0.243 bits per heavy atom. The van der Waals surface area contributed by atoms with E-state index >= 15 is 0 Å². The number of phosphoric ester groups is 2. The zero-order chi connectivity index (χ0) is 83.6. The number of aliphatic hydroxyl groups excluding tert-OH is 2. The standard InChI is InChI=1S/C97H156O16P2/c1-4-7-10-13-16-19-22-25-28-31-34-37-40-41-42-43-44-45-46-47-48-49-52-54-56-59-62-65-68-71-74-77-80-83-95(100)107-86-92(98)87-109-114(103,104)110-88-93(99)89-111-115(105,106)112-91-94(113-97(102)85-82-79-76-73-70-67-64-61-58-55-51-39-36-33-30-27-24-21-18-15-12-9-6-3)90-108-96(101)84-81-78-75-72-69-66-63-60-57-53-50-38-35-32-29-26-23-20-17-14-11-8-5-2/h7-12,16-21,25-30,34-39,41-42,44-45,53,55,57-58,63-64,66-67,92-94,98-99H,4-6,13-15,22-24,31-33,40,43,46-52,54,56,59-62,65,68-91H2,1-3H3,(H,103,104)(H,105,106)/b10-7-,11-8-,12-9-,19-16-,20-17-,21-18-,28-25-,29-26-,30-27-,37-34-,38-35-,39-36-,42-41-,45-44-,57-53-,58-55-,66-63-,67-64-. The van der Waals surface area contributed by atoms with Crippen molar-refractivity contribution in [2.45, 2.75) is 334 Å². The van der Waals surface area contributed by atoms with Crippen LogP contribution >= 0.6 is 15.6 Å². The number of allylic oxidation sites excluding steroid dienone is 36. The fourth-order valence-corrected chi connectivity index (χ4v) is 12.7. The lowest BCUT2D eigenvalue weighted by Gasteiger charge is -2.21. The third-order valence-corrected chi connectivity index (χ3v) is 19.6. The summed E-state index contributed by atoms with van der Waals surface area (Å²) in [7, 11) is -9.84. The Labute approximate surface area is 698 Å². The predicted octanol–water partition coefficient (Wildman–Crippen LogP) is 27.0. The third-order valence-electron chi connectivity index (χ3n) is 17.7. The van der Waals surface area contributed by atoms with Gasteiger partial charge in [0.1, 0.15) is 25.4 Å². The Balaban J connectivity index is 4.65. The van der Waals surface area contributed by atoms with Crippen LogP contribution in [0.15, 0.2) is 219 Å². The average Bonchev–Trinajstić information content (AvgIpc) is 0.906. The SMILES string of the molecule is CC/C=C\C/C=C\C/C=C\C/C=C\C/C=C\C/C=C\CCCCCCCCCCCCCCCCC(=O)OCC(O)COP(=O)(O)OCC(O)COP(=O)(O)OCC(COC(=O)CCCCCC/C=C\C/C=C\C/C=C\C/C=C\C/C=C\C/C=C\CC)OC(=O)CCCCCC/C=C\C/C=C\C/C=C\C/C=C\C/C=C\C/C=C\CC. The van der Waals surface area contributed by atoms with E-state index in [1.165, 1.54) is 64.2 Å². The van der Waals surface area contributed by atoms with E-state index in [-0.39, 0.29) is 19.3 Å². The van der Waals surface area contributed by atoms with Crippen LogP contribution in [0.4, 0.5) is 0 Å². The molecule has 0 spiro atoms. The van der Waals surface area contributed by atoms with E-state index in [1.807, 2.05) is 0 Å². The number of esters is 3. The van der Waals surface area contributed by atoms with Crippen molar-refractivity contribution in [1.29, 1.82) is 0 Å². The molecule has 0 amide bonds. The Morgan fingerprint density at radius 3 is 0.687 bits per heavy atom. The monoisotopic (exact) mass is 1640 g/mol. The number of aliphatic hydroxyl groups is 2. The maximum Gasteiger partial charge on any atom is 0.472 e. The van der Waals surface area contributed by atoms with Gasteiger partial charge in [-0.05, 0) is 173 Å². The largest absolute Gasteiger partial charge is 0.472 e. The molecule has 0 aliphatic rings. The Morgan fingerprint density at radius 2 is 0.435 bits per heavy atom. The summed E-state index contributed by atoms with van der Waals surface area (Å²) >= 11 is 0. The first kappa shape index (κ1) is 109. The Kier molecular flexibility index (Phi) is 82.5. The molecule has 0 saturated heterocycles. The van der Waals surface area contributed by atoms with Crippen molar-refractivity contribution in [3.63, 3.8) is 0 Å². The van der Waals surface area contributed by atoms with Gasteiger partial charge in [0.15, 0.2) is 6.10 Å². The van der Waals surface area contributed by atoms with Gasteiger partial charge in [-0.25, -0.2) is 9.13 Å². The molecule has 0 aliphatic heterocycles. The fraction of sp³-hybridized carbons (Fsp3) is 0.598. The van der Waals surface area contributed by atoms with Gasteiger partial charge in [0.25, 0.3) is 0 Å². The molecule has 0 heterocycles. The summed E-state index contributed by atoms with van der Waals surface area (Å²) in [5.74, 6) is -1.65. The number of phosphoric acid groups is 2. The first-order valence-corrected chi connectivity index (χ1v) is 47.0. The highest BCUT2D eigenvalue weighted by Crippen LogP contribution is 2.45. The molecular formula is C97H156O16P2. The van der Waals surface area contributed by atoms with Crippen LogP contribution in [0.5, 0.6) is 0 Å². The zero-order valence-electron chi connectivity index (χ0n) is 71.4. The van der Waals surface area contributed by atoms with Crippen molar-refractivity contribution in [2.24, 2.45) is 0 Å². The summed E-state index contributed by atoms with van der Waals surface area (Å²) < 4.78 is 61.3. The van der Waals surface area contributed by atoms with E-state index in [0.717, 1.165) is 193 Å². The minimum absolute atomic E-state index is 0.0593. The van der Waals surface area contributed by atoms with E-state index in [2.05, 4.69) is 240 Å². The normalized spacial score (nSPS) is 14.9. The van der Waals surface area contributed by atoms with Gasteiger partial charge in [-0.3, -0.25) is 32.5 Å². The second-order valence-corrected chi connectivity index (χ2v) is 31.5. The molecule has 115 heavy (non-hydrogen) atoms. The number of unbranched alkanes of at least 4 members (excludes halogenated alkanes) is 22. The predicted molar refractivity (Wildman–Crippen MR) is 481 cm³/mol. The number of hydrogen-bond acceptors (Lipinski definition) is 14. The molecular weight excluding hydrogens is 1480 g/mol. The van der Waals surface area contributed by atoms with Crippen molar-refractivity contribution < 1.29 is 75.8 Å². The van der Waals surface area contributed by atoms with E-state index in [9.17, 15) is 43.5 Å². The maximum absolute atomic E-state index is 13.0. The molecule has 0 aliphatic carbocycles. The van der Waals surface area contributed by atoms with Gasteiger partial charge < -0.3 is 34.2 Å². The van der Waals surface area contributed by atoms with Crippen LogP contribution in [-0.4, -0.2) is 95.9 Å². The third kappa shape index (κ3) is 88.5. The number of hydrogen-bond donors (Lipinski definition) is 4. The molecule has 0 bridgehead atoms. The van der Waals surface area contributed by atoms with E-state index < -0.39 is 91.5 Å². The summed E-state index contributed by atoms with van der Waals surface area (Å²) in [5, 5.41) is 20.7. The van der Waals surface area contributed by atoms with Gasteiger partial charge in [0.2, 0.25) is 0 Å². The van der Waals surface area contributed by atoms with Crippen LogP contribution in [0.25, 0.3) is 0 Å². The molecule has 5 atom stereocenters. The van der Waals surface area contributed by atoms with Crippen molar-refractivity contribution in [1.82, 2.24) is 0 Å². The second kappa shape index (κ2) is 87.2. The van der Waals surface area contributed by atoms with Gasteiger partial charge in [0.05, 0.1) is 26.4 Å². The minimum atomic E-state index is -4.96. The molecule has 0 saturated carbocycles. The van der Waals surface area contributed by atoms with E-state index in [0.29, 0.717) is 19.3 Å². The Hall–Kier alpha value is -6.13. The second-order valence-electron chi connectivity index (χ2n) is 28.5. The topological polar surface area (TPSA) is 231 Å². The lowest BCUT2D eigenvalue weighted by atomic mass is 10.0.